The standard InChI is InChI=1S/C22H33N3O5/c1-4-5-11-29-21(27)13-19-22(28)23-9-10-25(19)14-20(26)24-17-7-6-8-18(12-17)30-15-16(2)3/h6-8,12,16,19H,4-5,9-11,13-15H2,1-3H3,(H,23,28)(H,24,26). The number of amides is 2. The summed E-state index contributed by atoms with van der Waals surface area (Å²) < 4.78 is 10.9. The molecule has 0 aromatic heterocycles. The molecule has 1 atom stereocenters. The molecule has 0 bridgehead atoms. The lowest BCUT2D eigenvalue weighted by Crippen LogP contribution is -2.57. The molecule has 8 nitrogen and oxygen atoms in total. The maximum absolute atomic E-state index is 12.6. The van der Waals surface area contributed by atoms with Crippen LogP contribution in [0.2, 0.25) is 0 Å². The molecule has 2 N–H and O–H groups in total. The minimum atomic E-state index is -0.709. The van der Waals surface area contributed by atoms with Crippen LogP contribution in [0.5, 0.6) is 5.75 Å². The number of ether oxygens (including phenoxy) is 2. The van der Waals surface area contributed by atoms with Crippen molar-refractivity contribution < 1.29 is 23.9 Å². The molecule has 1 aromatic rings. The number of nitrogens with one attached hydrogen (secondary N) is 2. The molecule has 1 aromatic carbocycles. The van der Waals surface area contributed by atoms with Crippen molar-refractivity contribution in [2.24, 2.45) is 5.92 Å². The van der Waals surface area contributed by atoms with Gasteiger partial charge in [0.15, 0.2) is 0 Å². The van der Waals surface area contributed by atoms with Gasteiger partial charge in [0.05, 0.1) is 26.2 Å². The van der Waals surface area contributed by atoms with Crippen molar-refractivity contribution in [3.8, 4) is 5.75 Å². The minimum Gasteiger partial charge on any atom is -0.493 e. The second-order valence-electron chi connectivity index (χ2n) is 7.84. The number of anilines is 1. The van der Waals surface area contributed by atoms with Gasteiger partial charge in [0.25, 0.3) is 0 Å². The summed E-state index contributed by atoms with van der Waals surface area (Å²) >= 11 is 0. The van der Waals surface area contributed by atoms with Crippen molar-refractivity contribution in [3.63, 3.8) is 0 Å². The maximum Gasteiger partial charge on any atom is 0.307 e. The normalized spacial score (nSPS) is 16.8. The summed E-state index contributed by atoms with van der Waals surface area (Å²) in [6, 6.07) is 6.50. The molecule has 1 heterocycles. The Morgan fingerprint density at radius 1 is 1.33 bits per heavy atom. The van der Waals surface area contributed by atoms with E-state index in [2.05, 4.69) is 24.5 Å². The van der Waals surface area contributed by atoms with Crippen molar-refractivity contribution in [3.05, 3.63) is 24.3 Å². The van der Waals surface area contributed by atoms with Crippen LogP contribution in [0.15, 0.2) is 24.3 Å². The third kappa shape index (κ3) is 8.02. The van der Waals surface area contributed by atoms with Crippen LogP contribution in [-0.2, 0) is 19.1 Å². The van der Waals surface area contributed by atoms with Gasteiger partial charge in [-0.3, -0.25) is 19.3 Å². The lowest BCUT2D eigenvalue weighted by atomic mass is 10.1. The number of carbonyl (C=O) groups excluding carboxylic acids is 3. The summed E-state index contributed by atoms with van der Waals surface area (Å²) in [7, 11) is 0. The second-order valence-corrected chi connectivity index (χ2v) is 7.84. The first-order valence-electron chi connectivity index (χ1n) is 10.6. The van der Waals surface area contributed by atoms with E-state index >= 15 is 0 Å². The third-order valence-corrected chi connectivity index (χ3v) is 4.61. The van der Waals surface area contributed by atoms with E-state index in [-0.39, 0.29) is 24.8 Å². The van der Waals surface area contributed by atoms with Gasteiger partial charge in [-0.05, 0) is 24.5 Å². The number of carbonyl (C=O) groups is 3. The Morgan fingerprint density at radius 3 is 2.87 bits per heavy atom. The van der Waals surface area contributed by atoms with Gasteiger partial charge < -0.3 is 20.1 Å². The van der Waals surface area contributed by atoms with Crippen LogP contribution < -0.4 is 15.4 Å². The number of hydrogen-bond donors (Lipinski definition) is 2. The Morgan fingerprint density at radius 2 is 2.13 bits per heavy atom. The van der Waals surface area contributed by atoms with Crippen LogP contribution >= 0.6 is 0 Å². The number of piperazine rings is 1. The molecule has 8 heteroatoms. The Labute approximate surface area is 178 Å². The van der Waals surface area contributed by atoms with Gasteiger partial charge in [0, 0.05) is 24.8 Å². The zero-order valence-electron chi connectivity index (χ0n) is 18.1. The van der Waals surface area contributed by atoms with Crippen LogP contribution in [0, 0.1) is 5.92 Å². The second kappa shape index (κ2) is 12.2. The van der Waals surface area contributed by atoms with E-state index < -0.39 is 12.0 Å². The molecular formula is C22H33N3O5. The van der Waals surface area contributed by atoms with Gasteiger partial charge in [-0.2, -0.15) is 0 Å². The van der Waals surface area contributed by atoms with Crippen LogP contribution in [0.4, 0.5) is 5.69 Å². The SMILES string of the molecule is CCCCOC(=O)CC1C(=O)NCCN1CC(=O)Nc1cccc(OCC(C)C)c1. The van der Waals surface area contributed by atoms with E-state index in [1.165, 1.54) is 0 Å². The Balaban J connectivity index is 1.92. The minimum absolute atomic E-state index is 0.0113. The van der Waals surface area contributed by atoms with Gasteiger partial charge in [-0.15, -0.1) is 0 Å². The Bertz CT molecular complexity index is 722. The number of rotatable bonds is 11. The summed E-state index contributed by atoms with van der Waals surface area (Å²) in [4.78, 5) is 38.6. The fourth-order valence-electron chi connectivity index (χ4n) is 3.03. The molecule has 166 valence electrons. The molecule has 1 saturated heterocycles. The topological polar surface area (TPSA) is 97.0 Å². The molecule has 0 saturated carbocycles. The highest BCUT2D eigenvalue weighted by molar-refractivity contribution is 5.93. The summed E-state index contributed by atoms with van der Waals surface area (Å²) in [6.07, 6.45) is 1.64. The van der Waals surface area contributed by atoms with Crippen molar-refractivity contribution in [2.75, 3.05) is 38.2 Å². The third-order valence-electron chi connectivity index (χ3n) is 4.61. The van der Waals surface area contributed by atoms with Crippen LogP contribution in [0.3, 0.4) is 0 Å². The average Bonchev–Trinajstić information content (AvgIpc) is 2.69. The van der Waals surface area contributed by atoms with Gasteiger partial charge >= 0.3 is 5.97 Å². The first-order valence-corrected chi connectivity index (χ1v) is 10.6. The lowest BCUT2D eigenvalue weighted by Gasteiger charge is -2.33. The maximum atomic E-state index is 12.6. The largest absolute Gasteiger partial charge is 0.493 e. The summed E-state index contributed by atoms with van der Waals surface area (Å²) in [5.41, 5.74) is 0.623. The number of esters is 1. The van der Waals surface area contributed by atoms with Gasteiger partial charge in [-0.25, -0.2) is 0 Å². The number of nitrogens with zero attached hydrogens (tertiary/aromatic N) is 1. The lowest BCUT2D eigenvalue weighted by molar-refractivity contribution is -0.149. The van der Waals surface area contributed by atoms with Gasteiger partial charge in [-0.1, -0.05) is 33.3 Å². The molecule has 1 aliphatic rings. The molecule has 1 fully saturated rings. The van der Waals surface area contributed by atoms with Crippen molar-refractivity contribution in [1.82, 2.24) is 10.2 Å². The molecule has 0 aliphatic carbocycles. The molecular weight excluding hydrogens is 386 g/mol. The van der Waals surface area contributed by atoms with Crippen molar-refractivity contribution >= 4 is 23.5 Å². The molecule has 1 aliphatic heterocycles. The zero-order valence-corrected chi connectivity index (χ0v) is 18.1. The smallest absolute Gasteiger partial charge is 0.307 e. The zero-order chi connectivity index (χ0) is 21.9. The van der Waals surface area contributed by atoms with Crippen LogP contribution in [-0.4, -0.2) is 61.6 Å². The van der Waals surface area contributed by atoms with Gasteiger partial charge in [0.1, 0.15) is 11.8 Å². The van der Waals surface area contributed by atoms with E-state index in [1.54, 1.807) is 17.0 Å². The van der Waals surface area contributed by atoms with Gasteiger partial charge in [0.2, 0.25) is 11.8 Å². The first-order chi connectivity index (χ1) is 14.4. The highest BCUT2D eigenvalue weighted by atomic mass is 16.5. The predicted molar refractivity (Wildman–Crippen MR) is 114 cm³/mol. The van der Waals surface area contributed by atoms with E-state index in [1.807, 2.05) is 19.1 Å². The number of hydrogen-bond acceptors (Lipinski definition) is 6. The molecule has 0 spiro atoms. The number of unbranched alkanes of at least 4 members (excludes halogenated alkanes) is 1. The van der Waals surface area contributed by atoms with Crippen LogP contribution in [0.1, 0.15) is 40.0 Å². The fraction of sp³-hybridized carbons (Fsp3) is 0.591. The molecule has 0 radical (unpaired) electrons. The molecule has 2 amide bonds. The quantitative estimate of drug-likeness (QED) is 0.422. The molecule has 2 rings (SSSR count). The van der Waals surface area contributed by atoms with E-state index in [0.29, 0.717) is 43.7 Å². The molecule has 1 unspecified atom stereocenters. The number of benzene rings is 1. The Kier molecular flexibility index (Phi) is 9.60. The highest BCUT2D eigenvalue weighted by Gasteiger charge is 2.33. The fourth-order valence-corrected chi connectivity index (χ4v) is 3.03. The van der Waals surface area contributed by atoms with E-state index in [0.717, 1.165) is 12.8 Å². The highest BCUT2D eigenvalue weighted by Crippen LogP contribution is 2.18. The van der Waals surface area contributed by atoms with Crippen LogP contribution in [0.25, 0.3) is 0 Å². The summed E-state index contributed by atoms with van der Waals surface area (Å²) in [6.45, 7) is 8.02. The summed E-state index contributed by atoms with van der Waals surface area (Å²) in [5, 5.41) is 5.59. The van der Waals surface area contributed by atoms with Crippen molar-refractivity contribution in [1.29, 1.82) is 0 Å². The average molecular weight is 420 g/mol. The molecule has 30 heavy (non-hydrogen) atoms. The summed E-state index contributed by atoms with van der Waals surface area (Å²) in [5.74, 6) is 0.150. The van der Waals surface area contributed by atoms with E-state index in [9.17, 15) is 14.4 Å². The Hall–Kier alpha value is -2.61. The monoisotopic (exact) mass is 419 g/mol. The van der Waals surface area contributed by atoms with Crippen molar-refractivity contribution in [2.45, 2.75) is 46.1 Å². The predicted octanol–water partition coefficient (Wildman–Crippen LogP) is 2.19. The van der Waals surface area contributed by atoms with E-state index in [4.69, 9.17) is 9.47 Å². The first kappa shape index (κ1) is 23.7.